The molecule has 3 aromatic rings. The summed E-state index contributed by atoms with van der Waals surface area (Å²) in [5.41, 5.74) is 4.55. The maximum atomic E-state index is 10.4. The van der Waals surface area contributed by atoms with Crippen LogP contribution in [0.15, 0.2) is 78.9 Å². The number of phenols is 1. The number of benzene rings is 3. The predicted octanol–water partition coefficient (Wildman–Crippen LogP) is 4.48. The third kappa shape index (κ3) is 3.50. The number of aromatic hydroxyl groups is 1. The summed E-state index contributed by atoms with van der Waals surface area (Å²) in [5.74, 6) is 0.344. The molecule has 0 bridgehead atoms. The van der Waals surface area contributed by atoms with Gasteiger partial charge in [0.05, 0.1) is 19.3 Å². The summed E-state index contributed by atoms with van der Waals surface area (Å²) in [6, 6.07) is 26.7. The van der Waals surface area contributed by atoms with Crippen LogP contribution in [0.3, 0.4) is 0 Å². The molecular formula is C23H23NO2. The predicted molar refractivity (Wildman–Crippen MR) is 104 cm³/mol. The summed E-state index contributed by atoms with van der Waals surface area (Å²) in [6.45, 7) is 3.18. The van der Waals surface area contributed by atoms with Crippen molar-refractivity contribution in [2.45, 2.75) is 6.04 Å². The van der Waals surface area contributed by atoms with Gasteiger partial charge in [0.25, 0.3) is 0 Å². The summed E-state index contributed by atoms with van der Waals surface area (Å²) in [4.78, 5) is 2.38. The van der Waals surface area contributed by atoms with Crippen LogP contribution < -0.4 is 0 Å². The van der Waals surface area contributed by atoms with Crippen LogP contribution in [0.2, 0.25) is 0 Å². The van der Waals surface area contributed by atoms with Gasteiger partial charge in [0.15, 0.2) is 0 Å². The van der Waals surface area contributed by atoms with Crippen LogP contribution in [0.5, 0.6) is 5.75 Å². The van der Waals surface area contributed by atoms with Crippen molar-refractivity contribution in [3.05, 3.63) is 90.0 Å². The Balaban J connectivity index is 1.71. The SMILES string of the molecule is Oc1ccccc1C(c1ccc(-c2ccccc2)cc1)N1CCOCC1. The maximum absolute atomic E-state index is 10.4. The van der Waals surface area contributed by atoms with E-state index in [0.29, 0.717) is 5.75 Å². The molecule has 0 radical (unpaired) electrons. The molecule has 4 rings (SSSR count). The quantitative estimate of drug-likeness (QED) is 0.757. The van der Waals surface area contributed by atoms with Crippen molar-refractivity contribution in [3.63, 3.8) is 0 Å². The monoisotopic (exact) mass is 345 g/mol. The minimum absolute atomic E-state index is 0.0323. The zero-order valence-electron chi connectivity index (χ0n) is 14.7. The fourth-order valence-corrected chi connectivity index (χ4v) is 3.63. The number of hydrogen-bond donors (Lipinski definition) is 1. The lowest BCUT2D eigenvalue weighted by Crippen LogP contribution is -2.39. The molecule has 1 atom stereocenters. The van der Waals surface area contributed by atoms with Gasteiger partial charge in [0.2, 0.25) is 0 Å². The Kier molecular flexibility index (Phi) is 5.00. The minimum atomic E-state index is 0.0323. The van der Waals surface area contributed by atoms with E-state index in [1.54, 1.807) is 6.07 Å². The molecule has 0 aliphatic carbocycles. The van der Waals surface area contributed by atoms with Crippen LogP contribution in [-0.2, 0) is 4.74 Å². The Morgan fingerprint density at radius 2 is 1.35 bits per heavy atom. The first-order valence-corrected chi connectivity index (χ1v) is 9.08. The Labute approximate surface area is 154 Å². The van der Waals surface area contributed by atoms with Crippen molar-refractivity contribution in [1.29, 1.82) is 0 Å². The van der Waals surface area contributed by atoms with Gasteiger partial charge in [-0.25, -0.2) is 0 Å². The van der Waals surface area contributed by atoms with Gasteiger partial charge in [-0.15, -0.1) is 0 Å². The van der Waals surface area contributed by atoms with Crippen LogP contribution in [0.1, 0.15) is 17.2 Å². The Morgan fingerprint density at radius 1 is 0.731 bits per heavy atom. The summed E-state index contributed by atoms with van der Waals surface area (Å²) in [5, 5.41) is 10.4. The Hall–Kier alpha value is -2.62. The van der Waals surface area contributed by atoms with Gasteiger partial charge in [-0.1, -0.05) is 72.8 Å². The molecule has 3 aromatic carbocycles. The molecule has 1 saturated heterocycles. The van der Waals surface area contributed by atoms with Gasteiger partial charge in [0, 0.05) is 18.7 Å². The fourth-order valence-electron chi connectivity index (χ4n) is 3.63. The largest absolute Gasteiger partial charge is 0.508 e. The van der Waals surface area contributed by atoms with Crippen LogP contribution in [0, 0.1) is 0 Å². The molecule has 1 N–H and O–H groups in total. The van der Waals surface area contributed by atoms with Crippen molar-refractivity contribution in [2.75, 3.05) is 26.3 Å². The van der Waals surface area contributed by atoms with E-state index in [1.807, 2.05) is 24.3 Å². The molecule has 132 valence electrons. The van der Waals surface area contributed by atoms with Crippen molar-refractivity contribution in [1.82, 2.24) is 4.90 Å². The van der Waals surface area contributed by atoms with Gasteiger partial charge in [-0.05, 0) is 22.8 Å². The zero-order valence-corrected chi connectivity index (χ0v) is 14.7. The van der Waals surface area contributed by atoms with E-state index in [9.17, 15) is 5.11 Å². The lowest BCUT2D eigenvalue weighted by atomic mass is 9.94. The van der Waals surface area contributed by atoms with Crippen LogP contribution in [-0.4, -0.2) is 36.3 Å². The Morgan fingerprint density at radius 3 is 2.04 bits per heavy atom. The number of phenolic OH excluding ortho intramolecular Hbond substituents is 1. The van der Waals surface area contributed by atoms with E-state index < -0.39 is 0 Å². The topological polar surface area (TPSA) is 32.7 Å². The maximum Gasteiger partial charge on any atom is 0.120 e. The average Bonchev–Trinajstić information content (AvgIpc) is 2.72. The second-order valence-corrected chi connectivity index (χ2v) is 6.60. The first kappa shape index (κ1) is 16.8. The van der Waals surface area contributed by atoms with Crippen molar-refractivity contribution < 1.29 is 9.84 Å². The summed E-state index contributed by atoms with van der Waals surface area (Å²) in [6.07, 6.45) is 0. The number of ether oxygens (including phenoxy) is 1. The minimum Gasteiger partial charge on any atom is -0.508 e. The number of para-hydroxylation sites is 1. The smallest absolute Gasteiger partial charge is 0.120 e. The third-order valence-corrected chi connectivity index (χ3v) is 4.98. The summed E-state index contributed by atoms with van der Waals surface area (Å²) in [7, 11) is 0. The number of hydrogen-bond acceptors (Lipinski definition) is 3. The standard InChI is InChI=1S/C23H23NO2/c25-22-9-5-4-8-21(22)23(24-14-16-26-17-15-24)20-12-10-19(11-13-20)18-6-2-1-3-7-18/h1-13,23,25H,14-17H2. The molecule has 1 aliphatic heterocycles. The van der Waals surface area contributed by atoms with Gasteiger partial charge in [-0.2, -0.15) is 0 Å². The molecule has 3 nitrogen and oxygen atoms in total. The molecule has 3 heteroatoms. The summed E-state index contributed by atoms with van der Waals surface area (Å²) >= 11 is 0. The molecule has 1 heterocycles. The highest BCUT2D eigenvalue weighted by molar-refractivity contribution is 5.63. The first-order valence-electron chi connectivity index (χ1n) is 9.08. The van der Waals surface area contributed by atoms with Crippen molar-refractivity contribution in [2.24, 2.45) is 0 Å². The molecular weight excluding hydrogens is 322 g/mol. The lowest BCUT2D eigenvalue weighted by Gasteiger charge is -2.35. The first-order chi connectivity index (χ1) is 12.8. The molecule has 0 amide bonds. The van der Waals surface area contributed by atoms with Gasteiger partial charge < -0.3 is 9.84 Å². The number of rotatable bonds is 4. The van der Waals surface area contributed by atoms with E-state index in [2.05, 4.69) is 53.4 Å². The van der Waals surface area contributed by atoms with E-state index >= 15 is 0 Å². The molecule has 0 saturated carbocycles. The Bertz CT molecular complexity index is 840. The number of morpholine rings is 1. The second-order valence-electron chi connectivity index (χ2n) is 6.60. The fraction of sp³-hybridized carbons (Fsp3) is 0.217. The highest BCUT2D eigenvalue weighted by Gasteiger charge is 2.26. The third-order valence-electron chi connectivity index (χ3n) is 4.98. The highest BCUT2D eigenvalue weighted by atomic mass is 16.5. The van der Waals surface area contributed by atoms with Crippen LogP contribution in [0.4, 0.5) is 0 Å². The highest BCUT2D eigenvalue weighted by Crippen LogP contribution is 2.35. The number of nitrogens with zero attached hydrogens (tertiary/aromatic N) is 1. The van der Waals surface area contributed by atoms with Crippen molar-refractivity contribution >= 4 is 0 Å². The second kappa shape index (κ2) is 7.73. The van der Waals surface area contributed by atoms with Gasteiger partial charge in [-0.3, -0.25) is 4.90 Å². The molecule has 1 aliphatic rings. The van der Waals surface area contributed by atoms with Crippen molar-refractivity contribution in [3.8, 4) is 16.9 Å². The van der Waals surface area contributed by atoms with E-state index in [0.717, 1.165) is 31.9 Å². The zero-order chi connectivity index (χ0) is 17.8. The molecule has 0 aromatic heterocycles. The molecule has 1 fully saturated rings. The normalized spacial score (nSPS) is 16.3. The van der Waals surface area contributed by atoms with E-state index in [-0.39, 0.29) is 6.04 Å². The lowest BCUT2D eigenvalue weighted by molar-refractivity contribution is 0.0235. The molecule has 1 unspecified atom stereocenters. The van der Waals surface area contributed by atoms with E-state index in [4.69, 9.17) is 4.74 Å². The van der Waals surface area contributed by atoms with Gasteiger partial charge in [0.1, 0.15) is 5.75 Å². The van der Waals surface area contributed by atoms with Crippen LogP contribution in [0.25, 0.3) is 11.1 Å². The molecule has 0 spiro atoms. The van der Waals surface area contributed by atoms with Gasteiger partial charge >= 0.3 is 0 Å². The van der Waals surface area contributed by atoms with Crippen LogP contribution >= 0.6 is 0 Å². The molecule has 26 heavy (non-hydrogen) atoms. The average molecular weight is 345 g/mol. The van der Waals surface area contributed by atoms with E-state index in [1.165, 1.54) is 16.7 Å². The summed E-state index contributed by atoms with van der Waals surface area (Å²) < 4.78 is 5.52.